The van der Waals surface area contributed by atoms with Gasteiger partial charge in [-0.05, 0) is 22.1 Å². The normalized spacial score (nSPS) is 12.7. The van der Waals surface area contributed by atoms with E-state index in [9.17, 15) is 4.79 Å². The van der Waals surface area contributed by atoms with Crippen LogP contribution in [0.5, 0.6) is 0 Å². The van der Waals surface area contributed by atoms with Gasteiger partial charge >= 0.3 is 0 Å². The molecule has 3 heteroatoms. The highest BCUT2D eigenvalue weighted by Gasteiger charge is 2.19. The first-order valence-electron chi connectivity index (χ1n) is 7.86. The molecular formula is C20H25NO2. The Labute approximate surface area is 138 Å². The molecule has 1 atom stereocenters. The van der Waals surface area contributed by atoms with E-state index in [-0.39, 0.29) is 11.3 Å². The first kappa shape index (κ1) is 17.2. The summed E-state index contributed by atoms with van der Waals surface area (Å²) in [6.45, 7) is 7.06. The van der Waals surface area contributed by atoms with Crippen LogP contribution in [-0.4, -0.2) is 13.0 Å². The molecule has 2 aromatic rings. The average molecular weight is 311 g/mol. The molecule has 0 bridgehead atoms. The van der Waals surface area contributed by atoms with Crippen molar-refractivity contribution in [3.63, 3.8) is 0 Å². The summed E-state index contributed by atoms with van der Waals surface area (Å²) < 4.78 is 5.34. The fourth-order valence-electron chi connectivity index (χ4n) is 2.43. The molecule has 0 heterocycles. The molecule has 122 valence electrons. The lowest BCUT2D eigenvalue weighted by Crippen LogP contribution is -2.30. The van der Waals surface area contributed by atoms with E-state index in [4.69, 9.17) is 4.74 Å². The number of carbonyl (C=O) groups is 1. The largest absolute Gasteiger partial charge is 0.367 e. The van der Waals surface area contributed by atoms with Crippen LogP contribution in [0.4, 0.5) is 0 Å². The lowest BCUT2D eigenvalue weighted by Gasteiger charge is -2.19. The van der Waals surface area contributed by atoms with Crippen LogP contribution in [0, 0.1) is 0 Å². The van der Waals surface area contributed by atoms with E-state index in [1.807, 2.05) is 30.3 Å². The topological polar surface area (TPSA) is 38.3 Å². The summed E-state index contributed by atoms with van der Waals surface area (Å²) in [5.74, 6) is -0.126. The smallest absolute Gasteiger partial charge is 0.254 e. The molecule has 0 aliphatic carbocycles. The summed E-state index contributed by atoms with van der Waals surface area (Å²) in [5.41, 5.74) is 3.35. The van der Waals surface area contributed by atoms with E-state index in [1.54, 1.807) is 7.11 Å². The molecular weight excluding hydrogens is 286 g/mol. The zero-order valence-electron chi connectivity index (χ0n) is 14.3. The van der Waals surface area contributed by atoms with Crippen molar-refractivity contribution in [3.8, 4) is 0 Å². The molecule has 0 radical (unpaired) electrons. The van der Waals surface area contributed by atoms with Gasteiger partial charge < -0.3 is 10.1 Å². The molecule has 0 aromatic heterocycles. The molecule has 0 aliphatic rings. The Hall–Kier alpha value is -2.13. The molecule has 0 spiro atoms. The summed E-state index contributed by atoms with van der Waals surface area (Å²) in [6.07, 6.45) is -0.579. The Balaban J connectivity index is 1.98. The number of amides is 1. The van der Waals surface area contributed by atoms with Gasteiger partial charge in [0.25, 0.3) is 5.91 Å². The number of ether oxygens (including phenoxy) is 1. The molecule has 0 fully saturated rings. The van der Waals surface area contributed by atoms with Gasteiger partial charge in [0.05, 0.1) is 0 Å². The second-order valence-electron chi connectivity index (χ2n) is 6.69. The fourth-order valence-corrected chi connectivity index (χ4v) is 2.43. The first-order valence-corrected chi connectivity index (χ1v) is 7.86. The molecule has 1 amide bonds. The van der Waals surface area contributed by atoms with E-state index in [0.717, 1.165) is 11.1 Å². The van der Waals surface area contributed by atoms with Crippen LogP contribution in [0.25, 0.3) is 0 Å². The van der Waals surface area contributed by atoms with Gasteiger partial charge in [0.1, 0.15) is 0 Å². The Morgan fingerprint density at radius 3 is 2.17 bits per heavy atom. The summed E-state index contributed by atoms with van der Waals surface area (Å²) in [5, 5.41) is 2.94. The molecule has 1 N–H and O–H groups in total. The van der Waals surface area contributed by atoms with Gasteiger partial charge in [-0.1, -0.05) is 75.4 Å². The van der Waals surface area contributed by atoms with Crippen molar-refractivity contribution in [1.29, 1.82) is 0 Å². The summed E-state index contributed by atoms with van der Waals surface area (Å²) in [7, 11) is 1.55. The van der Waals surface area contributed by atoms with Gasteiger partial charge in [0.2, 0.25) is 0 Å². The number of methoxy groups -OCH3 is 1. The van der Waals surface area contributed by atoms with Crippen LogP contribution >= 0.6 is 0 Å². The van der Waals surface area contributed by atoms with Gasteiger partial charge in [0, 0.05) is 13.7 Å². The maximum absolute atomic E-state index is 12.3. The van der Waals surface area contributed by atoms with Crippen LogP contribution in [-0.2, 0) is 21.5 Å². The Bertz CT molecular complexity index is 627. The van der Waals surface area contributed by atoms with Crippen molar-refractivity contribution in [2.45, 2.75) is 38.8 Å². The Morgan fingerprint density at radius 1 is 1.04 bits per heavy atom. The van der Waals surface area contributed by atoms with E-state index >= 15 is 0 Å². The fraction of sp³-hybridized carbons (Fsp3) is 0.350. The number of rotatable bonds is 5. The van der Waals surface area contributed by atoms with E-state index < -0.39 is 6.10 Å². The van der Waals surface area contributed by atoms with Crippen molar-refractivity contribution in [1.82, 2.24) is 5.32 Å². The van der Waals surface area contributed by atoms with Crippen LogP contribution in [0.3, 0.4) is 0 Å². The monoisotopic (exact) mass is 311 g/mol. The van der Waals surface area contributed by atoms with Gasteiger partial charge in [-0.2, -0.15) is 0 Å². The third kappa shape index (κ3) is 4.67. The highest BCUT2D eigenvalue weighted by molar-refractivity contribution is 5.82. The van der Waals surface area contributed by atoms with Gasteiger partial charge in [-0.25, -0.2) is 0 Å². The first-order chi connectivity index (χ1) is 10.9. The second-order valence-corrected chi connectivity index (χ2v) is 6.69. The number of benzene rings is 2. The SMILES string of the molecule is CO[C@H](C(=O)NCc1ccc(C(C)(C)C)cc1)c1ccccc1. The van der Waals surface area contributed by atoms with Crippen LogP contribution in [0.1, 0.15) is 43.6 Å². The predicted octanol–water partition coefficient (Wildman–Crippen LogP) is 3.99. The van der Waals surface area contributed by atoms with Gasteiger partial charge in [-0.3, -0.25) is 4.79 Å². The number of nitrogens with one attached hydrogen (secondary N) is 1. The predicted molar refractivity (Wildman–Crippen MR) is 93.2 cm³/mol. The lowest BCUT2D eigenvalue weighted by atomic mass is 9.87. The highest BCUT2D eigenvalue weighted by atomic mass is 16.5. The van der Waals surface area contributed by atoms with Crippen molar-refractivity contribution in [3.05, 3.63) is 71.3 Å². The van der Waals surface area contributed by atoms with E-state index in [0.29, 0.717) is 6.54 Å². The minimum Gasteiger partial charge on any atom is -0.367 e. The molecule has 23 heavy (non-hydrogen) atoms. The highest BCUT2D eigenvalue weighted by Crippen LogP contribution is 2.22. The van der Waals surface area contributed by atoms with Crippen molar-refractivity contribution in [2.75, 3.05) is 7.11 Å². The summed E-state index contributed by atoms with van der Waals surface area (Å²) in [4.78, 5) is 12.3. The third-order valence-corrected chi connectivity index (χ3v) is 3.86. The summed E-state index contributed by atoms with van der Waals surface area (Å²) >= 11 is 0. The van der Waals surface area contributed by atoms with Gasteiger partial charge in [-0.15, -0.1) is 0 Å². The van der Waals surface area contributed by atoms with Crippen molar-refractivity contribution in [2.24, 2.45) is 0 Å². The lowest BCUT2D eigenvalue weighted by molar-refractivity contribution is -0.131. The number of hydrogen-bond donors (Lipinski definition) is 1. The molecule has 0 unspecified atom stereocenters. The van der Waals surface area contributed by atoms with Crippen molar-refractivity contribution < 1.29 is 9.53 Å². The van der Waals surface area contributed by atoms with Crippen LogP contribution in [0.2, 0.25) is 0 Å². The average Bonchev–Trinajstić information content (AvgIpc) is 2.54. The second kappa shape index (κ2) is 7.42. The van der Waals surface area contributed by atoms with Crippen LogP contribution < -0.4 is 5.32 Å². The molecule has 0 aliphatic heterocycles. The Morgan fingerprint density at radius 2 is 1.65 bits per heavy atom. The van der Waals surface area contributed by atoms with E-state index in [2.05, 4.69) is 50.4 Å². The standard InChI is InChI=1S/C20H25NO2/c1-20(2,3)17-12-10-15(11-13-17)14-21-19(22)18(23-4)16-8-6-5-7-9-16/h5-13,18H,14H2,1-4H3,(H,21,22)/t18-/m0/s1. The van der Waals surface area contributed by atoms with Crippen LogP contribution in [0.15, 0.2) is 54.6 Å². The van der Waals surface area contributed by atoms with E-state index in [1.165, 1.54) is 5.56 Å². The maximum Gasteiger partial charge on any atom is 0.254 e. The Kier molecular flexibility index (Phi) is 5.56. The zero-order chi connectivity index (χ0) is 16.9. The van der Waals surface area contributed by atoms with Gasteiger partial charge in [0.15, 0.2) is 6.10 Å². The maximum atomic E-state index is 12.3. The minimum atomic E-state index is -0.579. The molecule has 2 aromatic carbocycles. The number of carbonyl (C=O) groups excluding carboxylic acids is 1. The molecule has 2 rings (SSSR count). The molecule has 0 saturated carbocycles. The molecule has 0 saturated heterocycles. The zero-order valence-corrected chi connectivity index (χ0v) is 14.3. The third-order valence-electron chi connectivity index (χ3n) is 3.86. The van der Waals surface area contributed by atoms with Crippen molar-refractivity contribution >= 4 is 5.91 Å². The summed E-state index contributed by atoms with van der Waals surface area (Å²) in [6, 6.07) is 17.9. The number of hydrogen-bond acceptors (Lipinski definition) is 2. The molecule has 3 nitrogen and oxygen atoms in total. The quantitative estimate of drug-likeness (QED) is 0.907. The minimum absolute atomic E-state index is 0.126.